The molecule has 7 rings (SSSR count). The van der Waals surface area contributed by atoms with Gasteiger partial charge in [0.1, 0.15) is 6.04 Å². The number of hydrogen-bond donors (Lipinski definition) is 3. The summed E-state index contributed by atoms with van der Waals surface area (Å²) < 4.78 is 0. The Hall–Kier alpha value is -4.47. The SMILES string of the molecule is O=C(CC1CCCN1C(=O)C1CCC1)Nc1ccc(-c2cc(-c3ccc(NC(=O)C4CCCN4C(=O)C4CCC4)cc3)n[nH]2)cc1. The fraction of sp³-hybridized carbons (Fsp3) is 0.472. The van der Waals surface area contributed by atoms with E-state index < -0.39 is 6.04 Å². The van der Waals surface area contributed by atoms with Crippen LogP contribution in [0.3, 0.4) is 0 Å². The molecule has 4 aliphatic rings. The van der Waals surface area contributed by atoms with Crippen molar-refractivity contribution in [3.8, 4) is 22.5 Å². The summed E-state index contributed by atoms with van der Waals surface area (Å²) in [7, 11) is 0. The lowest BCUT2D eigenvalue weighted by molar-refractivity contribution is -0.142. The number of H-pyrrole nitrogens is 1. The number of amides is 4. The van der Waals surface area contributed by atoms with Crippen molar-refractivity contribution in [2.24, 2.45) is 11.8 Å². The van der Waals surface area contributed by atoms with E-state index in [2.05, 4.69) is 20.8 Å². The summed E-state index contributed by atoms with van der Waals surface area (Å²) in [6, 6.07) is 16.8. The van der Waals surface area contributed by atoms with Crippen LogP contribution in [-0.4, -0.2) is 68.8 Å². The van der Waals surface area contributed by atoms with Crippen molar-refractivity contribution in [1.29, 1.82) is 0 Å². The quantitative estimate of drug-likeness (QED) is 0.287. The van der Waals surface area contributed by atoms with Crippen molar-refractivity contribution in [3.05, 3.63) is 54.6 Å². The van der Waals surface area contributed by atoms with Gasteiger partial charge in [-0.25, -0.2) is 0 Å². The van der Waals surface area contributed by atoms with Crippen molar-refractivity contribution in [2.45, 2.75) is 82.7 Å². The second-order valence-corrected chi connectivity index (χ2v) is 13.3. The molecule has 2 atom stereocenters. The Kier molecular flexibility index (Phi) is 8.60. The first-order chi connectivity index (χ1) is 22.4. The Morgan fingerprint density at radius 1 is 0.696 bits per heavy atom. The third-order valence-electron chi connectivity index (χ3n) is 10.3. The second-order valence-electron chi connectivity index (χ2n) is 13.3. The Labute approximate surface area is 269 Å². The predicted molar refractivity (Wildman–Crippen MR) is 175 cm³/mol. The van der Waals surface area contributed by atoms with Crippen LogP contribution in [-0.2, 0) is 19.2 Å². The summed E-state index contributed by atoms with van der Waals surface area (Å²) in [6.07, 6.45) is 9.79. The van der Waals surface area contributed by atoms with Crippen LogP contribution in [0.4, 0.5) is 11.4 Å². The van der Waals surface area contributed by atoms with Crippen LogP contribution >= 0.6 is 0 Å². The largest absolute Gasteiger partial charge is 0.339 e. The Morgan fingerprint density at radius 3 is 1.93 bits per heavy atom. The molecule has 0 radical (unpaired) electrons. The van der Waals surface area contributed by atoms with Gasteiger partial charge in [0, 0.05) is 54.3 Å². The number of likely N-dealkylation sites (tertiary alicyclic amines) is 2. The molecule has 10 nitrogen and oxygen atoms in total. The van der Waals surface area contributed by atoms with Crippen molar-refractivity contribution in [1.82, 2.24) is 20.0 Å². The highest BCUT2D eigenvalue weighted by Gasteiger charge is 2.39. The molecular formula is C36H42N6O4. The Bertz CT molecular complexity index is 1590. The topological polar surface area (TPSA) is 128 Å². The summed E-state index contributed by atoms with van der Waals surface area (Å²) >= 11 is 0. The van der Waals surface area contributed by atoms with Crippen LogP contribution in [0, 0.1) is 11.8 Å². The van der Waals surface area contributed by atoms with E-state index in [1.54, 1.807) is 4.90 Å². The van der Waals surface area contributed by atoms with Crippen molar-refractivity contribution in [3.63, 3.8) is 0 Å². The molecule has 46 heavy (non-hydrogen) atoms. The minimum Gasteiger partial charge on any atom is -0.339 e. The molecular weight excluding hydrogens is 580 g/mol. The van der Waals surface area contributed by atoms with Gasteiger partial charge in [-0.05, 0) is 87.3 Å². The number of benzene rings is 2. The van der Waals surface area contributed by atoms with Gasteiger partial charge in [0.15, 0.2) is 0 Å². The van der Waals surface area contributed by atoms with E-state index >= 15 is 0 Å². The molecule has 2 unspecified atom stereocenters. The van der Waals surface area contributed by atoms with E-state index in [0.29, 0.717) is 30.8 Å². The maximum atomic E-state index is 13.0. The summed E-state index contributed by atoms with van der Waals surface area (Å²) in [4.78, 5) is 55.1. The number of hydrogen-bond acceptors (Lipinski definition) is 5. The average molecular weight is 623 g/mol. The van der Waals surface area contributed by atoms with Crippen molar-refractivity contribution < 1.29 is 19.2 Å². The molecule has 4 fully saturated rings. The molecule has 4 amide bonds. The molecule has 3 N–H and O–H groups in total. The molecule has 10 heteroatoms. The van der Waals surface area contributed by atoms with Gasteiger partial charge in [0.2, 0.25) is 23.6 Å². The van der Waals surface area contributed by atoms with Gasteiger partial charge in [-0.1, -0.05) is 37.1 Å². The van der Waals surface area contributed by atoms with Crippen LogP contribution in [0.2, 0.25) is 0 Å². The van der Waals surface area contributed by atoms with E-state index in [9.17, 15) is 19.2 Å². The van der Waals surface area contributed by atoms with Crippen LogP contribution in [0.25, 0.3) is 22.5 Å². The van der Waals surface area contributed by atoms with E-state index in [-0.39, 0.29) is 41.5 Å². The van der Waals surface area contributed by atoms with Gasteiger partial charge < -0.3 is 20.4 Å². The fourth-order valence-electron chi connectivity index (χ4n) is 7.15. The maximum absolute atomic E-state index is 13.0. The molecule has 2 saturated carbocycles. The standard InChI is InChI=1S/C36H42N6O4/c43-33(21-29-9-3-19-41(29)35(45)25-5-1-6-25)37-27-15-11-23(12-16-27)30-22-31(40-39-30)24-13-17-28(18-14-24)38-34(44)32-10-4-20-42(32)36(46)26-7-2-8-26/h11-18,22,25-26,29,32H,1-10,19-21H2,(H,37,43)(H,38,44)(H,39,40). The van der Waals surface area contributed by atoms with Crippen LogP contribution in [0.15, 0.2) is 54.6 Å². The molecule has 2 aliphatic heterocycles. The van der Waals surface area contributed by atoms with Crippen molar-refractivity contribution in [2.75, 3.05) is 23.7 Å². The molecule has 240 valence electrons. The third-order valence-corrected chi connectivity index (χ3v) is 10.3. The molecule has 0 spiro atoms. The molecule has 2 aromatic carbocycles. The lowest BCUT2D eigenvalue weighted by atomic mass is 9.84. The lowest BCUT2D eigenvalue weighted by Gasteiger charge is -2.32. The summed E-state index contributed by atoms with van der Waals surface area (Å²) in [6.45, 7) is 1.42. The first-order valence-electron chi connectivity index (χ1n) is 16.9. The van der Waals surface area contributed by atoms with Crippen LogP contribution < -0.4 is 10.6 Å². The Morgan fingerprint density at radius 2 is 1.28 bits per heavy atom. The van der Waals surface area contributed by atoms with Crippen LogP contribution in [0.5, 0.6) is 0 Å². The number of nitrogens with zero attached hydrogens (tertiary/aromatic N) is 3. The monoisotopic (exact) mass is 622 g/mol. The summed E-state index contributed by atoms with van der Waals surface area (Å²) in [5.74, 6) is 0.428. The number of aromatic amines is 1. The van der Waals surface area contributed by atoms with Gasteiger partial charge in [-0.15, -0.1) is 0 Å². The minimum absolute atomic E-state index is 0.00828. The predicted octanol–water partition coefficient (Wildman–Crippen LogP) is 5.59. The highest BCUT2D eigenvalue weighted by molar-refractivity contribution is 5.98. The number of carbonyl (C=O) groups excluding carboxylic acids is 4. The van der Waals surface area contributed by atoms with E-state index in [1.807, 2.05) is 59.5 Å². The minimum atomic E-state index is -0.397. The summed E-state index contributed by atoms with van der Waals surface area (Å²) in [5.41, 5.74) is 4.87. The zero-order valence-corrected chi connectivity index (χ0v) is 26.2. The van der Waals surface area contributed by atoms with Gasteiger partial charge >= 0.3 is 0 Å². The second kappa shape index (κ2) is 13.1. The molecule has 0 bridgehead atoms. The number of carbonyl (C=O) groups is 4. The lowest BCUT2D eigenvalue weighted by Crippen LogP contribution is -2.46. The van der Waals surface area contributed by atoms with Gasteiger partial charge in [-0.3, -0.25) is 24.3 Å². The molecule has 2 aliphatic carbocycles. The number of aromatic nitrogens is 2. The van der Waals surface area contributed by atoms with Gasteiger partial charge in [0.25, 0.3) is 0 Å². The molecule has 3 aromatic rings. The number of rotatable bonds is 9. The molecule has 2 saturated heterocycles. The number of anilines is 2. The zero-order chi connectivity index (χ0) is 31.6. The molecule has 3 heterocycles. The van der Waals surface area contributed by atoms with Crippen LogP contribution in [0.1, 0.15) is 70.6 Å². The van der Waals surface area contributed by atoms with Gasteiger partial charge in [0.05, 0.1) is 11.4 Å². The van der Waals surface area contributed by atoms with E-state index in [0.717, 1.165) is 86.8 Å². The maximum Gasteiger partial charge on any atom is 0.247 e. The summed E-state index contributed by atoms with van der Waals surface area (Å²) in [5, 5.41) is 13.6. The highest BCUT2D eigenvalue weighted by atomic mass is 16.2. The Balaban J connectivity index is 0.921. The highest BCUT2D eigenvalue weighted by Crippen LogP contribution is 2.33. The normalized spacial score (nSPS) is 21.5. The first kappa shape index (κ1) is 30.2. The van der Waals surface area contributed by atoms with Gasteiger partial charge in [-0.2, -0.15) is 5.10 Å². The average Bonchev–Trinajstić information content (AvgIpc) is 3.77. The van der Waals surface area contributed by atoms with Crippen molar-refractivity contribution >= 4 is 35.0 Å². The fourth-order valence-corrected chi connectivity index (χ4v) is 7.15. The first-order valence-corrected chi connectivity index (χ1v) is 16.9. The third kappa shape index (κ3) is 6.30. The number of nitrogens with one attached hydrogen (secondary N) is 3. The smallest absolute Gasteiger partial charge is 0.247 e. The van der Waals surface area contributed by atoms with E-state index in [1.165, 1.54) is 0 Å². The van der Waals surface area contributed by atoms with E-state index in [4.69, 9.17) is 0 Å². The molecule has 1 aromatic heterocycles. The zero-order valence-electron chi connectivity index (χ0n) is 26.2.